The minimum Gasteiger partial charge on any atom is -0.441 e. The molecule has 0 fully saturated rings. The number of anilines is 1. The van der Waals surface area contributed by atoms with Crippen LogP contribution in [0.4, 0.5) is 5.69 Å². The zero-order valence-electron chi connectivity index (χ0n) is 11.4. The van der Waals surface area contributed by atoms with Crippen LogP contribution in [0.1, 0.15) is 23.2 Å². The van der Waals surface area contributed by atoms with Gasteiger partial charge in [-0.25, -0.2) is 4.98 Å². The molecule has 0 saturated carbocycles. The Balaban J connectivity index is 1.83. The third kappa shape index (κ3) is 2.97. The van der Waals surface area contributed by atoms with Gasteiger partial charge in [0.25, 0.3) is 5.91 Å². The van der Waals surface area contributed by atoms with Crippen molar-refractivity contribution in [2.24, 2.45) is 0 Å². The smallest absolute Gasteiger partial charge is 0.255 e. The molecule has 106 valence electrons. The number of rotatable bonds is 3. The van der Waals surface area contributed by atoms with Crippen LogP contribution < -0.4 is 5.32 Å². The quantitative estimate of drug-likeness (QED) is 0.765. The summed E-state index contributed by atoms with van der Waals surface area (Å²) in [6.45, 7) is 1.99. The van der Waals surface area contributed by atoms with Crippen molar-refractivity contribution in [3.8, 4) is 0 Å². The summed E-state index contributed by atoms with van der Waals surface area (Å²) in [6, 6.07) is 12.6. The van der Waals surface area contributed by atoms with Gasteiger partial charge in [0.05, 0.1) is 0 Å². The van der Waals surface area contributed by atoms with E-state index >= 15 is 0 Å². The van der Waals surface area contributed by atoms with E-state index in [1.165, 1.54) is 0 Å². The van der Waals surface area contributed by atoms with Crippen molar-refractivity contribution in [2.45, 2.75) is 13.3 Å². The molecule has 0 aliphatic heterocycles. The summed E-state index contributed by atoms with van der Waals surface area (Å²) in [5.74, 6) is 0.544. The van der Waals surface area contributed by atoms with Gasteiger partial charge in [-0.1, -0.05) is 22.9 Å². The molecule has 3 aromatic rings. The van der Waals surface area contributed by atoms with Gasteiger partial charge >= 0.3 is 0 Å². The molecule has 1 N–H and O–H groups in total. The SMILES string of the molecule is CCc1nc2cc(NC(=O)c3ccc(Br)cc3)ccc2o1. The fourth-order valence-corrected chi connectivity index (χ4v) is 2.27. The summed E-state index contributed by atoms with van der Waals surface area (Å²) in [5, 5.41) is 2.86. The average molecular weight is 345 g/mol. The molecule has 0 radical (unpaired) electrons. The van der Waals surface area contributed by atoms with E-state index < -0.39 is 0 Å². The molecule has 0 aliphatic carbocycles. The van der Waals surface area contributed by atoms with Crippen molar-refractivity contribution in [1.82, 2.24) is 4.98 Å². The van der Waals surface area contributed by atoms with Crippen molar-refractivity contribution in [2.75, 3.05) is 5.32 Å². The van der Waals surface area contributed by atoms with Crippen LogP contribution in [0.5, 0.6) is 0 Å². The lowest BCUT2D eigenvalue weighted by molar-refractivity contribution is 0.102. The van der Waals surface area contributed by atoms with Crippen LogP contribution in [0.2, 0.25) is 0 Å². The van der Waals surface area contributed by atoms with Crippen molar-refractivity contribution < 1.29 is 9.21 Å². The van der Waals surface area contributed by atoms with E-state index in [1.807, 2.05) is 37.3 Å². The first-order chi connectivity index (χ1) is 10.2. The number of nitrogens with zero attached hydrogens (tertiary/aromatic N) is 1. The lowest BCUT2D eigenvalue weighted by atomic mass is 10.2. The second-order valence-electron chi connectivity index (χ2n) is 4.60. The molecule has 0 atom stereocenters. The van der Waals surface area contributed by atoms with Crippen LogP contribution in [-0.2, 0) is 6.42 Å². The number of carbonyl (C=O) groups excluding carboxylic acids is 1. The van der Waals surface area contributed by atoms with E-state index in [-0.39, 0.29) is 5.91 Å². The van der Waals surface area contributed by atoms with Crippen LogP contribution in [0.15, 0.2) is 51.4 Å². The molecular weight excluding hydrogens is 332 g/mol. The molecule has 2 aromatic carbocycles. The summed E-state index contributed by atoms with van der Waals surface area (Å²) in [5.41, 5.74) is 2.79. The lowest BCUT2D eigenvalue weighted by Crippen LogP contribution is -2.11. The Morgan fingerprint density at radius 3 is 2.71 bits per heavy atom. The summed E-state index contributed by atoms with van der Waals surface area (Å²) in [6.07, 6.45) is 0.745. The number of fused-ring (bicyclic) bond motifs is 1. The number of nitrogens with one attached hydrogen (secondary N) is 1. The summed E-state index contributed by atoms with van der Waals surface area (Å²) >= 11 is 3.35. The number of carbonyl (C=O) groups is 1. The largest absolute Gasteiger partial charge is 0.441 e. The number of oxazole rings is 1. The van der Waals surface area contributed by atoms with Gasteiger partial charge in [-0.15, -0.1) is 0 Å². The number of benzene rings is 2. The molecular formula is C16H13BrN2O2. The maximum Gasteiger partial charge on any atom is 0.255 e. The van der Waals surface area contributed by atoms with Gasteiger partial charge in [-0.3, -0.25) is 4.79 Å². The Hall–Kier alpha value is -2.14. The van der Waals surface area contributed by atoms with Crippen LogP contribution in [0, 0.1) is 0 Å². The molecule has 0 aliphatic rings. The molecule has 1 aromatic heterocycles. The number of amides is 1. The fraction of sp³-hybridized carbons (Fsp3) is 0.125. The van der Waals surface area contributed by atoms with Crippen LogP contribution in [0.3, 0.4) is 0 Å². The minimum absolute atomic E-state index is 0.152. The highest BCUT2D eigenvalue weighted by molar-refractivity contribution is 9.10. The molecule has 0 bridgehead atoms. The fourth-order valence-electron chi connectivity index (χ4n) is 2.01. The molecule has 21 heavy (non-hydrogen) atoms. The summed E-state index contributed by atoms with van der Waals surface area (Å²) < 4.78 is 6.49. The monoisotopic (exact) mass is 344 g/mol. The maximum absolute atomic E-state index is 12.2. The molecule has 4 nitrogen and oxygen atoms in total. The normalized spacial score (nSPS) is 10.8. The molecule has 5 heteroatoms. The summed E-state index contributed by atoms with van der Waals surface area (Å²) in [7, 11) is 0. The third-order valence-corrected chi connectivity index (χ3v) is 3.63. The van der Waals surface area contributed by atoms with E-state index in [1.54, 1.807) is 12.1 Å². The first kappa shape index (κ1) is 13.8. The zero-order chi connectivity index (χ0) is 14.8. The van der Waals surface area contributed by atoms with Gasteiger partial charge in [0.15, 0.2) is 11.5 Å². The van der Waals surface area contributed by atoms with Crippen molar-refractivity contribution in [3.05, 3.63) is 58.4 Å². The number of aryl methyl sites for hydroxylation is 1. The highest BCUT2D eigenvalue weighted by atomic mass is 79.9. The van der Waals surface area contributed by atoms with Gasteiger partial charge in [0.2, 0.25) is 0 Å². The number of halogens is 1. The molecule has 3 rings (SSSR count). The van der Waals surface area contributed by atoms with E-state index in [0.29, 0.717) is 17.1 Å². The Morgan fingerprint density at radius 2 is 2.00 bits per heavy atom. The first-order valence-electron chi connectivity index (χ1n) is 6.62. The van der Waals surface area contributed by atoms with Crippen molar-refractivity contribution in [1.29, 1.82) is 0 Å². The topological polar surface area (TPSA) is 55.1 Å². The predicted octanol–water partition coefficient (Wildman–Crippen LogP) is 4.41. The van der Waals surface area contributed by atoms with Gasteiger partial charge in [0.1, 0.15) is 5.52 Å². The Morgan fingerprint density at radius 1 is 1.24 bits per heavy atom. The maximum atomic E-state index is 12.2. The molecule has 0 unspecified atom stereocenters. The first-order valence-corrected chi connectivity index (χ1v) is 7.41. The van der Waals surface area contributed by atoms with E-state index in [4.69, 9.17) is 4.42 Å². The van der Waals surface area contributed by atoms with Crippen molar-refractivity contribution in [3.63, 3.8) is 0 Å². The Labute approximate surface area is 130 Å². The van der Waals surface area contributed by atoms with E-state index in [9.17, 15) is 4.79 Å². The number of aromatic nitrogens is 1. The van der Waals surface area contributed by atoms with E-state index in [2.05, 4.69) is 26.2 Å². The highest BCUT2D eigenvalue weighted by Gasteiger charge is 2.08. The third-order valence-electron chi connectivity index (χ3n) is 3.10. The minimum atomic E-state index is -0.152. The van der Waals surface area contributed by atoms with Crippen LogP contribution in [0.25, 0.3) is 11.1 Å². The predicted molar refractivity (Wildman–Crippen MR) is 85.5 cm³/mol. The highest BCUT2D eigenvalue weighted by Crippen LogP contribution is 2.21. The molecule has 1 heterocycles. The number of hydrogen-bond donors (Lipinski definition) is 1. The average Bonchev–Trinajstić information content (AvgIpc) is 2.90. The summed E-state index contributed by atoms with van der Waals surface area (Å²) in [4.78, 5) is 16.5. The standard InChI is InChI=1S/C16H13BrN2O2/c1-2-15-19-13-9-12(7-8-14(13)21-15)18-16(20)10-3-5-11(17)6-4-10/h3-9H,2H2,1H3,(H,18,20). The molecule has 0 saturated heterocycles. The Bertz CT molecular complexity index is 794. The van der Waals surface area contributed by atoms with Gasteiger partial charge in [0, 0.05) is 22.1 Å². The van der Waals surface area contributed by atoms with Gasteiger partial charge < -0.3 is 9.73 Å². The van der Waals surface area contributed by atoms with Gasteiger partial charge in [-0.05, 0) is 42.5 Å². The lowest BCUT2D eigenvalue weighted by Gasteiger charge is -2.05. The van der Waals surface area contributed by atoms with Gasteiger partial charge in [-0.2, -0.15) is 0 Å². The van der Waals surface area contributed by atoms with Crippen LogP contribution in [-0.4, -0.2) is 10.9 Å². The van der Waals surface area contributed by atoms with E-state index in [0.717, 1.165) is 22.0 Å². The van der Waals surface area contributed by atoms with Crippen molar-refractivity contribution >= 4 is 38.6 Å². The zero-order valence-corrected chi connectivity index (χ0v) is 13.0. The van der Waals surface area contributed by atoms with Crippen LogP contribution >= 0.6 is 15.9 Å². The molecule has 0 spiro atoms. The number of hydrogen-bond acceptors (Lipinski definition) is 3. The second kappa shape index (κ2) is 5.69. The molecule has 1 amide bonds. The Kier molecular flexibility index (Phi) is 3.75. The second-order valence-corrected chi connectivity index (χ2v) is 5.52.